The molecule has 0 rings (SSSR count). The quantitative estimate of drug-likeness (QED) is 0.330. The predicted octanol–water partition coefficient (Wildman–Crippen LogP) is 1.91. The zero-order valence-corrected chi connectivity index (χ0v) is 6.82. The summed E-state index contributed by atoms with van der Waals surface area (Å²) in [4.78, 5) is 0. The van der Waals surface area contributed by atoms with Gasteiger partial charge in [-0.1, -0.05) is 24.8 Å². The number of allylic oxidation sites excluding steroid dienone is 4. The van der Waals surface area contributed by atoms with Gasteiger partial charge >= 0.3 is 0 Å². The standard InChI is InChI=1S/C9H14O2/c1-3-4-5-6-7-11-9-8-10-2/h3-7H,1,8-9H2,2H3/b5-4-,7-6+. The molecule has 0 saturated heterocycles. The molecule has 0 N–H and O–H groups in total. The summed E-state index contributed by atoms with van der Waals surface area (Å²) < 4.78 is 9.81. The van der Waals surface area contributed by atoms with Crippen LogP contribution in [0.1, 0.15) is 0 Å². The maximum atomic E-state index is 5.03. The van der Waals surface area contributed by atoms with Crippen LogP contribution in [-0.4, -0.2) is 20.3 Å². The minimum Gasteiger partial charge on any atom is -0.499 e. The van der Waals surface area contributed by atoms with Gasteiger partial charge in [-0.15, -0.1) is 0 Å². The van der Waals surface area contributed by atoms with Crippen molar-refractivity contribution in [1.82, 2.24) is 0 Å². The lowest BCUT2D eigenvalue weighted by Gasteiger charge is -1.96. The first kappa shape index (κ1) is 9.98. The van der Waals surface area contributed by atoms with Crippen molar-refractivity contribution in [1.29, 1.82) is 0 Å². The Bertz CT molecular complexity index is 136. The van der Waals surface area contributed by atoms with Crippen molar-refractivity contribution in [2.45, 2.75) is 0 Å². The summed E-state index contributed by atoms with van der Waals surface area (Å²) in [5.74, 6) is 0. The summed E-state index contributed by atoms with van der Waals surface area (Å²) in [6, 6.07) is 0. The molecule has 2 heteroatoms. The Morgan fingerprint density at radius 1 is 1.18 bits per heavy atom. The molecule has 2 nitrogen and oxygen atoms in total. The molecule has 0 aromatic carbocycles. The van der Waals surface area contributed by atoms with Crippen molar-refractivity contribution < 1.29 is 9.47 Å². The molecular formula is C9H14O2. The third-order valence-electron chi connectivity index (χ3n) is 0.938. The fourth-order valence-electron chi connectivity index (χ4n) is 0.443. The van der Waals surface area contributed by atoms with Gasteiger partial charge in [-0.2, -0.15) is 0 Å². The van der Waals surface area contributed by atoms with Gasteiger partial charge in [-0.05, 0) is 6.08 Å². The molecule has 0 amide bonds. The van der Waals surface area contributed by atoms with Crippen LogP contribution in [0.3, 0.4) is 0 Å². The van der Waals surface area contributed by atoms with E-state index >= 15 is 0 Å². The highest BCUT2D eigenvalue weighted by atomic mass is 16.5. The number of methoxy groups -OCH3 is 1. The first-order valence-corrected chi connectivity index (χ1v) is 3.46. The molecule has 11 heavy (non-hydrogen) atoms. The summed E-state index contributed by atoms with van der Waals surface area (Å²) in [6.45, 7) is 4.74. The topological polar surface area (TPSA) is 18.5 Å². The highest BCUT2D eigenvalue weighted by molar-refractivity contribution is 5.07. The van der Waals surface area contributed by atoms with Gasteiger partial charge in [-0.25, -0.2) is 0 Å². The van der Waals surface area contributed by atoms with Gasteiger partial charge in [0.1, 0.15) is 6.61 Å². The zero-order valence-electron chi connectivity index (χ0n) is 6.82. The second-order valence-electron chi connectivity index (χ2n) is 1.81. The largest absolute Gasteiger partial charge is 0.499 e. The van der Waals surface area contributed by atoms with E-state index in [-0.39, 0.29) is 0 Å². The van der Waals surface area contributed by atoms with E-state index < -0.39 is 0 Å². The Morgan fingerprint density at radius 3 is 2.64 bits per heavy atom. The molecule has 0 unspecified atom stereocenters. The lowest BCUT2D eigenvalue weighted by molar-refractivity contribution is 0.123. The predicted molar refractivity (Wildman–Crippen MR) is 46.3 cm³/mol. The maximum absolute atomic E-state index is 5.03. The molecule has 0 radical (unpaired) electrons. The second kappa shape index (κ2) is 8.98. The molecule has 0 saturated carbocycles. The Labute approximate surface area is 67.8 Å². The second-order valence-corrected chi connectivity index (χ2v) is 1.81. The van der Waals surface area contributed by atoms with Crippen LogP contribution in [0.4, 0.5) is 0 Å². The van der Waals surface area contributed by atoms with E-state index in [2.05, 4.69) is 6.58 Å². The zero-order chi connectivity index (χ0) is 8.36. The summed E-state index contributed by atoms with van der Waals surface area (Å²) >= 11 is 0. The molecule has 0 heterocycles. The van der Waals surface area contributed by atoms with Crippen LogP contribution < -0.4 is 0 Å². The van der Waals surface area contributed by atoms with E-state index in [0.29, 0.717) is 13.2 Å². The maximum Gasteiger partial charge on any atom is 0.111 e. The third kappa shape index (κ3) is 8.98. The Balaban J connectivity index is 3.15. The van der Waals surface area contributed by atoms with E-state index in [0.717, 1.165) is 0 Å². The highest BCUT2D eigenvalue weighted by Crippen LogP contribution is 1.81. The van der Waals surface area contributed by atoms with E-state index in [9.17, 15) is 0 Å². The van der Waals surface area contributed by atoms with Crippen LogP contribution in [0.25, 0.3) is 0 Å². The summed E-state index contributed by atoms with van der Waals surface area (Å²) in [7, 11) is 1.64. The summed E-state index contributed by atoms with van der Waals surface area (Å²) in [5, 5.41) is 0. The molecule has 0 aliphatic heterocycles. The fraction of sp³-hybridized carbons (Fsp3) is 0.333. The van der Waals surface area contributed by atoms with Crippen molar-refractivity contribution in [2.75, 3.05) is 20.3 Å². The molecule has 0 aliphatic rings. The van der Waals surface area contributed by atoms with Crippen molar-refractivity contribution in [2.24, 2.45) is 0 Å². The van der Waals surface area contributed by atoms with E-state index in [1.165, 1.54) is 0 Å². The molecular weight excluding hydrogens is 140 g/mol. The normalized spacial score (nSPS) is 11.0. The Morgan fingerprint density at radius 2 is 2.00 bits per heavy atom. The van der Waals surface area contributed by atoms with Crippen LogP contribution in [-0.2, 0) is 9.47 Å². The van der Waals surface area contributed by atoms with Gasteiger partial charge in [0.2, 0.25) is 0 Å². The average Bonchev–Trinajstić information content (AvgIpc) is 2.03. The van der Waals surface area contributed by atoms with Gasteiger partial charge in [0.25, 0.3) is 0 Å². The molecule has 62 valence electrons. The van der Waals surface area contributed by atoms with Crippen LogP contribution in [0, 0.1) is 0 Å². The van der Waals surface area contributed by atoms with E-state index in [4.69, 9.17) is 9.47 Å². The molecule has 0 spiro atoms. The molecule has 0 bridgehead atoms. The Hall–Kier alpha value is -1.02. The first-order chi connectivity index (χ1) is 5.41. The SMILES string of the molecule is C=C/C=C\C=C\OCCOC. The number of ether oxygens (including phenoxy) is 2. The smallest absolute Gasteiger partial charge is 0.111 e. The first-order valence-electron chi connectivity index (χ1n) is 3.46. The van der Waals surface area contributed by atoms with Crippen molar-refractivity contribution >= 4 is 0 Å². The van der Waals surface area contributed by atoms with E-state index in [1.54, 1.807) is 25.5 Å². The summed E-state index contributed by atoms with van der Waals surface area (Å²) in [6.07, 6.45) is 8.81. The van der Waals surface area contributed by atoms with Gasteiger partial charge < -0.3 is 9.47 Å². The number of hydrogen-bond donors (Lipinski definition) is 0. The third-order valence-corrected chi connectivity index (χ3v) is 0.938. The van der Waals surface area contributed by atoms with Crippen molar-refractivity contribution in [3.05, 3.63) is 37.1 Å². The fourth-order valence-corrected chi connectivity index (χ4v) is 0.443. The lowest BCUT2D eigenvalue weighted by atomic mass is 10.5. The molecule has 0 atom stereocenters. The van der Waals surface area contributed by atoms with Crippen molar-refractivity contribution in [3.63, 3.8) is 0 Å². The van der Waals surface area contributed by atoms with Gasteiger partial charge in [0.15, 0.2) is 0 Å². The highest BCUT2D eigenvalue weighted by Gasteiger charge is 1.77. The molecule has 0 aromatic heterocycles. The minimum atomic E-state index is 0.592. The van der Waals surface area contributed by atoms with Gasteiger partial charge in [0.05, 0.1) is 12.9 Å². The van der Waals surface area contributed by atoms with Crippen LogP contribution in [0.2, 0.25) is 0 Å². The molecule has 0 aromatic rings. The van der Waals surface area contributed by atoms with Gasteiger partial charge in [-0.3, -0.25) is 0 Å². The van der Waals surface area contributed by atoms with Crippen molar-refractivity contribution in [3.8, 4) is 0 Å². The molecule has 0 aliphatic carbocycles. The van der Waals surface area contributed by atoms with E-state index in [1.807, 2.05) is 12.2 Å². The minimum absolute atomic E-state index is 0.592. The number of rotatable bonds is 6. The summed E-state index contributed by atoms with van der Waals surface area (Å²) in [5.41, 5.74) is 0. The molecule has 0 fully saturated rings. The van der Waals surface area contributed by atoms with Crippen LogP contribution >= 0.6 is 0 Å². The average molecular weight is 154 g/mol. The monoisotopic (exact) mass is 154 g/mol. The van der Waals surface area contributed by atoms with Gasteiger partial charge in [0, 0.05) is 7.11 Å². The number of hydrogen-bond acceptors (Lipinski definition) is 2. The lowest BCUT2D eigenvalue weighted by Crippen LogP contribution is -1.96. The van der Waals surface area contributed by atoms with Crippen LogP contribution in [0.5, 0.6) is 0 Å². The Kier molecular flexibility index (Phi) is 8.15. The van der Waals surface area contributed by atoms with Crippen LogP contribution in [0.15, 0.2) is 37.1 Å².